The van der Waals surface area contributed by atoms with Crippen molar-refractivity contribution in [2.24, 2.45) is 0 Å². The molecule has 1 unspecified atom stereocenters. The molecule has 8 nitrogen and oxygen atoms in total. The molecule has 0 fully saturated rings. The van der Waals surface area contributed by atoms with Crippen molar-refractivity contribution >= 4 is 18.0 Å². The number of hydrogen-bond donors (Lipinski definition) is 2. The lowest BCUT2D eigenvalue weighted by Crippen LogP contribution is -2.47. The van der Waals surface area contributed by atoms with Gasteiger partial charge in [0.2, 0.25) is 0 Å². The van der Waals surface area contributed by atoms with E-state index in [9.17, 15) is 27.6 Å². The van der Waals surface area contributed by atoms with Gasteiger partial charge in [0.05, 0.1) is 29.9 Å². The summed E-state index contributed by atoms with van der Waals surface area (Å²) in [4.78, 5) is 37.0. The van der Waals surface area contributed by atoms with Gasteiger partial charge in [-0.05, 0) is 37.6 Å². The smallest absolute Gasteiger partial charge is 0.416 e. The summed E-state index contributed by atoms with van der Waals surface area (Å²) in [7, 11) is 0. The van der Waals surface area contributed by atoms with Crippen molar-refractivity contribution in [3.63, 3.8) is 0 Å². The number of esters is 2. The van der Waals surface area contributed by atoms with Crippen molar-refractivity contribution in [3.8, 4) is 0 Å². The normalized spacial score (nSPS) is 16.2. The number of carbonyl (C=O) groups excluding carboxylic acids is 3. The van der Waals surface area contributed by atoms with Crippen molar-refractivity contribution in [3.05, 3.63) is 70.3 Å². The molecule has 1 atom stereocenters. The van der Waals surface area contributed by atoms with Gasteiger partial charge in [-0.25, -0.2) is 9.59 Å². The molecule has 1 aromatic carbocycles. The number of furan rings is 1. The summed E-state index contributed by atoms with van der Waals surface area (Å²) in [6, 6.07) is 5.90. The van der Waals surface area contributed by atoms with Crippen molar-refractivity contribution < 1.29 is 41.4 Å². The van der Waals surface area contributed by atoms with E-state index in [2.05, 4.69) is 10.6 Å². The molecule has 176 valence electrons. The maximum Gasteiger partial charge on any atom is 0.416 e. The lowest BCUT2D eigenvalue weighted by atomic mass is 10.0. The average Bonchev–Trinajstić information content (AvgIpc) is 3.17. The van der Waals surface area contributed by atoms with Gasteiger partial charge in [0.1, 0.15) is 24.2 Å². The maximum absolute atomic E-state index is 12.9. The van der Waals surface area contributed by atoms with Crippen molar-refractivity contribution in [1.82, 2.24) is 10.6 Å². The summed E-state index contributed by atoms with van der Waals surface area (Å²) in [5.41, 5.74) is -0.818. The predicted octanol–water partition coefficient (Wildman–Crippen LogP) is 3.56. The molecule has 2 aromatic rings. The second-order valence-corrected chi connectivity index (χ2v) is 7.13. The third-order valence-corrected chi connectivity index (χ3v) is 4.67. The molecular formula is C22H21F3N2O6. The SMILES string of the molecule is CCOC(=O)C1=C(COC(=O)Cc2cccc(C(F)(F)F)c2)NC(=O)NC1c1ccc(C)o1. The fourth-order valence-corrected chi connectivity index (χ4v) is 3.23. The van der Waals surface area contributed by atoms with Crippen LogP contribution in [-0.4, -0.2) is 31.2 Å². The third kappa shape index (κ3) is 5.93. The Kier molecular flexibility index (Phi) is 7.10. The average molecular weight is 466 g/mol. The minimum atomic E-state index is -4.54. The van der Waals surface area contributed by atoms with Gasteiger partial charge in [0.25, 0.3) is 0 Å². The molecule has 0 bridgehead atoms. The zero-order chi connectivity index (χ0) is 24.2. The molecule has 3 rings (SSSR count). The van der Waals surface area contributed by atoms with Crippen LogP contribution in [0.1, 0.15) is 35.6 Å². The largest absolute Gasteiger partial charge is 0.464 e. The van der Waals surface area contributed by atoms with E-state index in [1.165, 1.54) is 12.1 Å². The molecule has 33 heavy (non-hydrogen) atoms. The fourth-order valence-electron chi connectivity index (χ4n) is 3.23. The van der Waals surface area contributed by atoms with Gasteiger partial charge in [0.15, 0.2) is 0 Å². The Hall–Kier alpha value is -3.76. The van der Waals surface area contributed by atoms with Crippen molar-refractivity contribution in [2.75, 3.05) is 13.2 Å². The van der Waals surface area contributed by atoms with Crippen LogP contribution >= 0.6 is 0 Å². The molecule has 0 spiro atoms. The zero-order valence-electron chi connectivity index (χ0n) is 17.7. The van der Waals surface area contributed by atoms with Crippen LogP contribution < -0.4 is 10.6 Å². The van der Waals surface area contributed by atoms with Crippen molar-refractivity contribution in [2.45, 2.75) is 32.5 Å². The Labute approximate surface area is 186 Å². The lowest BCUT2D eigenvalue weighted by Gasteiger charge is -2.27. The van der Waals surface area contributed by atoms with Gasteiger partial charge in [0, 0.05) is 0 Å². The highest BCUT2D eigenvalue weighted by Crippen LogP contribution is 2.30. The van der Waals surface area contributed by atoms with Crippen molar-refractivity contribution in [1.29, 1.82) is 0 Å². The molecule has 0 saturated carbocycles. The van der Waals surface area contributed by atoms with Crippen LogP contribution in [0, 0.1) is 6.92 Å². The number of urea groups is 1. The summed E-state index contributed by atoms with van der Waals surface area (Å²) < 4.78 is 54.4. The minimum Gasteiger partial charge on any atom is -0.464 e. The molecular weight excluding hydrogens is 445 g/mol. The monoisotopic (exact) mass is 466 g/mol. The first-order valence-electron chi connectivity index (χ1n) is 9.94. The molecule has 2 amide bonds. The Morgan fingerprint density at radius 1 is 1.15 bits per heavy atom. The summed E-state index contributed by atoms with van der Waals surface area (Å²) in [6.07, 6.45) is -4.98. The quantitative estimate of drug-likeness (QED) is 0.605. The number of hydrogen-bond acceptors (Lipinski definition) is 6. The number of aryl methyl sites for hydroxylation is 1. The summed E-state index contributed by atoms with van der Waals surface area (Å²) >= 11 is 0. The van der Waals surface area contributed by atoms with E-state index in [-0.39, 0.29) is 29.2 Å². The highest BCUT2D eigenvalue weighted by atomic mass is 19.4. The van der Waals surface area contributed by atoms with E-state index >= 15 is 0 Å². The summed E-state index contributed by atoms with van der Waals surface area (Å²) in [6.45, 7) is 2.85. The van der Waals surface area contributed by atoms with E-state index in [1.807, 2.05) is 0 Å². The predicted molar refractivity (Wildman–Crippen MR) is 108 cm³/mol. The standard InChI is InChI=1S/C22H21F3N2O6/c1-3-31-20(29)18-15(26-21(30)27-19(18)16-8-7-12(2)33-16)11-32-17(28)10-13-5-4-6-14(9-13)22(23,24)25/h4-9,19H,3,10-11H2,1-2H3,(H2,26,27,30). The highest BCUT2D eigenvalue weighted by Gasteiger charge is 2.36. The number of benzene rings is 1. The van der Waals surface area contributed by atoms with E-state index in [4.69, 9.17) is 13.9 Å². The minimum absolute atomic E-state index is 0.0160. The first-order valence-corrected chi connectivity index (χ1v) is 9.94. The van der Waals surface area contributed by atoms with Crippen LogP contribution in [0.25, 0.3) is 0 Å². The zero-order valence-corrected chi connectivity index (χ0v) is 17.7. The van der Waals surface area contributed by atoms with Gasteiger partial charge < -0.3 is 24.5 Å². The molecule has 1 aliphatic heterocycles. The summed E-state index contributed by atoms with van der Waals surface area (Å²) in [5.74, 6) is -0.774. The second-order valence-electron chi connectivity index (χ2n) is 7.13. The molecule has 2 N–H and O–H groups in total. The molecule has 11 heteroatoms. The molecule has 1 aliphatic rings. The number of rotatable bonds is 7. The number of ether oxygens (including phenoxy) is 2. The highest BCUT2D eigenvalue weighted by molar-refractivity contribution is 5.95. The van der Waals surface area contributed by atoms with Gasteiger partial charge in [-0.2, -0.15) is 13.2 Å². The molecule has 0 saturated heterocycles. The van der Waals surface area contributed by atoms with Gasteiger partial charge in [-0.15, -0.1) is 0 Å². The van der Waals surface area contributed by atoms with E-state index in [0.717, 1.165) is 12.1 Å². The molecule has 1 aromatic heterocycles. The Bertz CT molecular complexity index is 1090. The van der Waals surface area contributed by atoms with Gasteiger partial charge in [-0.3, -0.25) is 4.79 Å². The first kappa shape index (κ1) is 23.9. The Morgan fingerprint density at radius 3 is 2.55 bits per heavy atom. The van der Waals surface area contributed by atoms with Crippen LogP contribution in [0.2, 0.25) is 0 Å². The number of carbonyl (C=O) groups is 3. The van der Waals surface area contributed by atoms with Gasteiger partial charge >= 0.3 is 24.1 Å². The van der Waals surface area contributed by atoms with E-state index < -0.39 is 48.8 Å². The summed E-state index contributed by atoms with van der Waals surface area (Å²) in [5, 5.41) is 4.99. The van der Waals surface area contributed by atoms with Crippen LogP contribution in [0.15, 0.2) is 52.1 Å². The molecule has 0 radical (unpaired) electrons. The third-order valence-electron chi connectivity index (χ3n) is 4.67. The van der Waals surface area contributed by atoms with Crippen LogP contribution in [0.3, 0.4) is 0 Å². The van der Waals surface area contributed by atoms with Crippen LogP contribution in [-0.2, 0) is 31.7 Å². The maximum atomic E-state index is 12.9. The van der Waals surface area contributed by atoms with Gasteiger partial charge in [-0.1, -0.05) is 18.2 Å². The second kappa shape index (κ2) is 9.80. The number of halogens is 3. The number of amides is 2. The first-order chi connectivity index (χ1) is 15.6. The van der Waals surface area contributed by atoms with E-state index in [1.54, 1.807) is 26.0 Å². The fraction of sp³-hybridized carbons (Fsp3) is 0.318. The Balaban J connectivity index is 1.80. The topological polar surface area (TPSA) is 107 Å². The number of nitrogens with one attached hydrogen (secondary N) is 2. The lowest BCUT2D eigenvalue weighted by molar-refractivity contribution is -0.143. The molecule has 0 aliphatic carbocycles. The molecule has 2 heterocycles. The number of alkyl halides is 3. The Morgan fingerprint density at radius 2 is 1.91 bits per heavy atom. The van der Waals surface area contributed by atoms with E-state index in [0.29, 0.717) is 5.76 Å². The van der Waals surface area contributed by atoms with Crippen LogP contribution in [0.4, 0.5) is 18.0 Å². The van der Waals surface area contributed by atoms with Crippen LogP contribution in [0.5, 0.6) is 0 Å².